The molecule has 0 radical (unpaired) electrons. The first-order valence-corrected chi connectivity index (χ1v) is 7.82. The molecule has 0 unspecified atom stereocenters. The van der Waals surface area contributed by atoms with E-state index in [1.165, 1.54) is 23.2 Å². The lowest BCUT2D eigenvalue weighted by Crippen LogP contribution is -2.41. The second kappa shape index (κ2) is 6.94. The molecule has 2 rings (SSSR count). The van der Waals surface area contributed by atoms with Gasteiger partial charge in [0.2, 0.25) is 5.91 Å². The molecule has 1 aliphatic heterocycles. The van der Waals surface area contributed by atoms with Gasteiger partial charge in [0.25, 0.3) is 0 Å². The number of amides is 1. The minimum absolute atomic E-state index is 0.100. The third-order valence-electron chi connectivity index (χ3n) is 3.52. The molecule has 0 aromatic heterocycles. The van der Waals surface area contributed by atoms with Gasteiger partial charge in [-0.3, -0.25) is 4.79 Å². The van der Waals surface area contributed by atoms with Crippen LogP contribution >= 0.6 is 0 Å². The highest BCUT2D eigenvalue weighted by atomic mass is 16.1. The van der Waals surface area contributed by atoms with Crippen molar-refractivity contribution in [3.63, 3.8) is 0 Å². The van der Waals surface area contributed by atoms with Gasteiger partial charge >= 0.3 is 0 Å². The van der Waals surface area contributed by atoms with E-state index in [4.69, 9.17) is 0 Å². The third-order valence-corrected chi connectivity index (χ3v) is 3.52. The molecular formula is C17H27N3O. The fraction of sp³-hybridized carbons (Fsp3) is 0.588. The largest absolute Gasteiger partial charge is 0.385 e. The number of fused-ring (bicyclic) bond motifs is 1. The number of benzene rings is 1. The molecule has 0 aliphatic carbocycles. The van der Waals surface area contributed by atoms with Crippen LogP contribution in [0.3, 0.4) is 0 Å². The molecule has 3 N–H and O–H groups in total. The van der Waals surface area contributed by atoms with Crippen molar-refractivity contribution in [1.82, 2.24) is 10.6 Å². The van der Waals surface area contributed by atoms with E-state index in [0.717, 1.165) is 19.5 Å². The van der Waals surface area contributed by atoms with E-state index in [2.05, 4.69) is 34.1 Å². The average Bonchev–Trinajstić information content (AvgIpc) is 2.42. The highest BCUT2D eigenvalue weighted by Gasteiger charge is 2.14. The third kappa shape index (κ3) is 5.05. The normalized spacial score (nSPS) is 14.2. The summed E-state index contributed by atoms with van der Waals surface area (Å²) in [6.07, 6.45) is 2.88. The lowest BCUT2D eigenvalue weighted by molar-refractivity contribution is -0.122. The van der Waals surface area contributed by atoms with Crippen LogP contribution in [-0.2, 0) is 17.8 Å². The second-order valence-corrected chi connectivity index (χ2v) is 6.71. The molecule has 1 aromatic carbocycles. The van der Waals surface area contributed by atoms with E-state index in [1.54, 1.807) is 0 Å². The molecule has 4 nitrogen and oxygen atoms in total. The van der Waals surface area contributed by atoms with Gasteiger partial charge in [0.15, 0.2) is 0 Å². The molecule has 1 amide bonds. The van der Waals surface area contributed by atoms with Crippen molar-refractivity contribution in [1.29, 1.82) is 0 Å². The van der Waals surface area contributed by atoms with Gasteiger partial charge in [-0.1, -0.05) is 18.2 Å². The standard InChI is InChI=1S/C17H27N3O/c1-17(2,3)20-15(21)9-11-18-12-14-7-4-6-13-8-5-10-19-16(13)14/h4,6-7,18-19H,5,8-12H2,1-3H3,(H,20,21). The van der Waals surface area contributed by atoms with E-state index in [-0.39, 0.29) is 11.4 Å². The van der Waals surface area contributed by atoms with Crippen molar-refractivity contribution >= 4 is 11.6 Å². The van der Waals surface area contributed by atoms with Crippen molar-refractivity contribution in [2.75, 3.05) is 18.4 Å². The zero-order chi connectivity index (χ0) is 15.3. The molecular weight excluding hydrogens is 262 g/mol. The number of anilines is 1. The smallest absolute Gasteiger partial charge is 0.221 e. The van der Waals surface area contributed by atoms with Crippen molar-refractivity contribution in [3.8, 4) is 0 Å². The summed E-state index contributed by atoms with van der Waals surface area (Å²) in [5.41, 5.74) is 3.84. The summed E-state index contributed by atoms with van der Waals surface area (Å²) in [5.74, 6) is 0.100. The summed E-state index contributed by atoms with van der Waals surface area (Å²) in [6, 6.07) is 6.47. The summed E-state index contributed by atoms with van der Waals surface area (Å²) in [6.45, 7) is 8.56. The molecule has 4 heteroatoms. The Bertz CT molecular complexity index is 491. The van der Waals surface area contributed by atoms with E-state index in [9.17, 15) is 4.79 Å². The Morgan fingerprint density at radius 3 is 2.90 bits per heavy atom. The van der Waals surface area contributed by atoms with Crippen LogP contribution in [0.2, 0.25) is 0 Å². The zero-order valence-corrected chi connectivity index (χ0v) is 13.4. The first kappa shape index (κ1) is 15.8. The van der Waals surface area contributed by atoms with Gasteiger partial charge in [0, 0.05) is 37.3 Å². The number of hydrogen-bond acceptors (Lipinski definition) is 3. The van der Waals surface area contributed by atoms with Crippen molar-refractivity contribution in [2.45, 2.75) is 52.1 Å². The molecule has 0 fully saturated rings. The molecule has 1 aliphatic rings. The van der Waals surface area contributed by atoms with Crippen LogP contribution in [0.4, 0.5) is 5.69 Å². The molecule has 0 bridgehead atoms. The summed E-state index contributed by atoms with van der Waals surface area (Å²) in [4.78, 5) is 11.7. The van der Waals surface area contributed by atoms with E-state index >= 15 is 0 Å². The molecule has 1 heterocycles. The fourth-order valence-electron chi connectivity index (χ4n) is 2.63. The van der Waals surface area contributed by atoms with Gasteiger partial charge in [0.1, 0.15) is 0 Å². The van der Waals surface area contributed by atoms with Gasteiger partial charge in [-0.2, -0.15) is 0 Å². The number of hydrogen-bond donors (Lipinski definition) is 3. The van der Waals surface area contributed by atoms with E-state index in [0.29, 0.717) is 13.0 Å². The summed E-state index contributed by atoms with van der Waals surface area (Å²) < 4.78 is 0. The van der Waals surface area contributed by atoms with Gasteiger partial charge < -0.3 is 16.0 Å². The number of para-hydroxylation sites is 1. The minimum Gasteiger partial charge on any atom is -0.385 e. The summed E-state index contributed by atoms with van der Waals surface area (Å²) >= 11 is 0. The minimum atomic E-state index is -0.153. The number of nitrogens with one attached hydrogen (secondary N) is 3. The monoisotopic (exact) mass is 289 g/mol. The average molecular weight is 289 g/mol. The van der Waals surface area contributed by atoms with E-state index < -0.39 is 0 Å². The van der Waals surface area contributed by atoms with Crippen molar-refractivity contribution in [2.24, 2.45) is 0 Å². The molecule has 21 heavy (non-hydrogen) atoms. The summed E-state index contributed by atoms with van der Waals surface area (Å²) in [7, 11) is 0. The van der Waals surface area contributed by atoms with Crippen LogP contribution < -0.4 is 16.0 Å². The van der Waals surface area contributed by atoms with E-state index in [1.807, 2.05) is 20.8 Å². The predicted octanol–water partition coefficient (Wildman–Crippen LogP) is 2.44. The van der Waals surface area contributed by atoms with Crippen molar-refractivity contribution < 1.29 is 4.79 Å². The predicted molar refractivity (Wildman–Crippen MR) is 87.5 cm³/mol. The van der Waals surface area contributed by atoms with Gasteiger partial charge in [-0.25, -0.2) is 0 Å². The Morgan fingerprint density at radius 1 is 1.33 bits per heavy atom. The molecule has 1 aromatic rings. The van der Waals surface area contributed by atoms with Gasteiger partial charge in [0.05, 0.1) is 0 Å². The summed E-state index contributed by atoms with van der Waals surface area (Å²) in [5, 5.41) is 9.84. The highest BCUT2D eigenvalue weighted by molar-refractivity contribution is 5.76. The maximum Gasteiger partial charge on any atom is 0.221 e. The lowest BCUT2D eigenvalue weighted by Gasteiger charge is -2.22. The quantitative estimate of drug-likeness (QED) is 0.730. The Labute approximate surface area is 127 Å². The molecule has 0 atom stereocenters. The van der Waals surface area contributed by atoms with Crippen LogP contribution in [0.5, 0.6) is 0 Å². The molecule has 116 valence electrons. The highest BCUT2D eigenvalue weighted by Crippen LogP contribution is 2.25. The first-order chi connectivity index (χ1) is 9.96. The Hall–Kier alpha value is -1.55. The topological polar surface area (TPSA) is 53.2 Å². The molecule has 0 saturated heterocycles. The lowest BCUT2D eigenvalue weighted by atomic mass is 9.99. The van der Waals surface area contributed by atoms with Crippen LogP contribution in [-0.4, -0.2) is 24.5 Å². The van der Waals surface area contributed by atoms with Gasteiger partial charge in [-0.05, 0) is 44.7 Å². The van der Waals surface area contributed by atoms with Crippen LogP contribution in [0, 0.1) is 0 Å². The second-order valence-electron chi connectivity index (χ2n) is 6.71. The number of carbonyl (C=O) groups is 1. The van der Waals surface area contributed by atoms with Crippen molar-refractivity contribution in [3.05, 3.63) is 29.3 Å². The number of carbonyl (C=O) groups excluding carboxylic acids is 1. The maximum absolute atomic E-state index is 11.7. The Kier molecular flexibility index (Phi) is 5.23. The first-order valence-electron chi connectivity index (χ1n) is 7.82. The Balaban J connectivity index is 1.78. The number of rotatable bonds is 5. The maximum atomic E-state index is 11.7. The van der Waals surface area contributed by atoms with Crippen LogP contribution in [0.25, 0.3) is 0 Å². The molecule has 0 spiro atoms. The van der Waals surface area contributed by atoms with Crippen LogP contribution in [0.15, 0.2) is 18.2 Å². The number of aryl methyl sites for hydroxylation is 1. The fourth-order valence-corrected chi connectivity index (χ4v) is 2.63. The molecule has 0 saturated carbocycles. The van der Waals surface area contributed by atoms with Gasteiger partial charge in [-0.15, -0.1) is 0 Å². The SMILES string of the molecule is CC(C)(C)NC(=O)CCNCc1cccc2c1NCCC2. The zero-order valence-electron chi connectivity index (χ0n) is 13.4. The van der Waals surface area contributed by atoms with Crippen LogP contribution in [0.1, 0.15) is 44.7 Å². The Morgan fingerprint density at radius 2 is 2.14 bits per heavy atom.